The van der Waals surface area contributed by atoms with Crippen LogP contribution in [-0.2, 0) is 6.42 Å². The average molecular weight is 292 g/mol. The minimum atomic E-state index is -0.0987. The Bertz CT molecular complexity index is 396. The van der Waals surface area contributed by atoms with Gasteiger partial charge in [0.15, 0.2) is 0 Å². The number of carbonyl (C=O) groups is 1. The summed E-state index contributed by atoms with van der Waals surface area (Å²) in [5.74, 6) is 0.559. The fourth-order valence-corrected chi connectivity index (χ4v) is 2.28. The third kappa shape index (κ3) is 8.30. The van der Waals surface area contributed by atoms with Gasteiger partial charge >= 0.3 is 6.03 Å². The lowest BCUT2D eigenvalue weighted by Gasteiger charge is -2.24. The number of aromatic nitrogens is 1. The van der Waals surface area contributed by atoms with Crippen LogP contribution in [0.1, 0.15) is 26.0 Å². The number of carbonyl (C=O) groups excluding carboxylic acids is 1. The van der Waals surface area contributed by atoms with Gasteiger partial charge < -0.3 is 15.5 Å². The van der Waals surface area contributed by atoms with Crippen LogP contribution >= 0.6 is 0 Å². The molecule has 0 fully saturated rings. The lowest BCUT2D eigenvalue weighted by Crippen LogP contribution is -2.47. The fraction of sp³-hybridized carbons (Fsp3) is 0.625. The topological polar surface area (TPSA) is 57.3 Å². The number of urea groups is 1. The molecule has 1 unspecified atom stereocenters. The fourth-order valence-electron chi connectivity index (χ4n) is 2.28. The first-order valence-electron chi connectivity index (χ1n) is 7.56. The highest BCUT2D eigenvalue weighted by atomic mass is 16.2. The predicted octanol–water partition coefficient (Wildman–Crippen LogP) is 1.90. The van der Waals surface area contributed by atoms with Crippen LogP contribution in [-0.4, -0.2) is 49.1 Å². The lowest BCUT2D eigenvalue weighted by molar-refractivity contribution is 0.229. The van der Waals surface area contributed by atoms with Crippen molar-refractivity contribution in [3.63, 3.8) is 0 Å². The summed E-state index contributed by atoms with van der Waals surface area (Å²) in [5, 5.41) is 5.95. The summed E-state index contributed by atoms with van der Waals surface area (Å²) in [6.07, 6.45) is 3.49. The molecule has 5 nitrogen and oxygen atoms in total. The summed E-state index contributed by atoms with van der Waals surface area (Å²) in [7, 11) is 4.04. The number of rotatable bonds is 8. The zero-order chi connectivity index (χ0) is 15.7. The van der Waals surface area contributed by atoms with Crippen molar-refractivity contribution < 1.29 is 4.79 Å². The second kappa shape index (κ2) is 9.34. The Morgan fingerprint density at radius 2 is 2.10 bits per heavy atom. The van der Waals surface area contributed by atoms with Crippen molar-refractivity contribution in [2.75, 3.05) is 27.2 Å². The highest BCUT2D eigenvalue weighted by molar-refractivity contribution is 5.74. The van der Waals surface area contributed by atoms with Gasteiger partial charge in [0.1, 0.15) is 0 Å². The van der Waals surface area contributed by atoms with Crippen LogP contribution in [0.5, 0.6) is 0 Å². The molecule has 2 amide bonds. The summed E-state index contributed by atoms with van der Waals surface area (Å²) in [6, 6.07) is 5.89. The van der Waals surface area contributed by atoms with E-state index in [0.717, 1.165) is 25.1 Å². The third-order valence-electron chi connectivity index (χ3n) is 3.07. The Labute approximate surface area is 128 Å². The van der Waals surface area contributed by atoms with Gasteiger partial charge in [-0.3, -0.25) is 4.98 Å². The SMILES string of the molecule is CC(C)CC(CN(C)C)NC(=O)NCCc1ccccn1. The molecule has 0 aliphatic carbocycles. The normalized spacial score (nSPS) is 12.5. The summed E-state index contributed by atoms with van der Waals surface area (Å²) in [6.45, 7) is 5.79. The van der Waals surface area contributed by atoms with E-state index in [1.54, 1.807) is 6.20 Å². The van der Waals surface area contributed by atoms with Crippen LogP contribution in [0.3, 0.4) is 0 Å². The summed E-state index contributed by atoms with van der Waals surface area (Å²) < 4.78 is 0. The number of pyridine rings is 1. The van der Waals surface area contributed by atoms with Gasteiger partial charge in [-0.2, -0.15) is 0 Å². The zero-order valence-corrected chi connectivity index (χ0v) is 13.6. The van der Waals surface area contributed by atoms with Crippen LogP contribution in [0, 0.1) is 5.92 Å². The number of nitrogens with one attached hydrogen (secondary N) is 2. The zero-order valence-electron chi connectivity index (χ0n) is 13.6. The molecule has 0 aliphatic rings. The molecule has 1 heterocycles. The first-order valence-corrected chi connectivity index (χ1v) is 7.56. The average Bonchev–Trinajstić information content (AvgIpc) is 2.38. The first-order chi connectivity index (χ1) is 9.97. The molecular weight excluding hydrogens is 264 g/mol. The van der Waals surface area contributed by atoms with Crippen LogP contribution in [0.4, 0.5) is 4.79 Å². The Hall–Kier alpha value is -1.62. The minimum Gasteiger partial charge on any atom is -0.338 e. The summed E-state index contributed by atoms with van der Waals surface area (Å²) in [5.41, 5.74) is 0.991. The highest BCUT2D eigenvalue weighted by Gasteiger charge is 2.14. The summed E-state index contributed by atoms with van der Waals surface area (Å²) in [4.78, 5) is 18.3. The highest BCUT2D eigenvalue weighted by Crippen LogP contribution is 2.05. The maximum Gasteiger partial charge on any atom is 0.315 e. The quantitative estimate of drug-likeness (QED) is 0.769. The van der Waals surface area contributed by atoms with E-state index >= 15 is 0 Å². The van der Waals surface area contributed by atoms with Crippen molar-refractivity contribution in [1.29, 1.82) is 0 Å². The molecule has 2 N–H and O–H groups in total. The molecular formula is C16H28N4O. The van der Waals surface area contributed by atoms with E-state index in [0.29, 0.717) is 12.5 Å². The van der Waals surface area contributed by atoms with E-state index < -0.39 is 0 Å². The van der Waals surface area contributed by atoms with E-state index in [1.165, 1.54) is 0 Å². The molecule has 0 spiro atoms. The molecule has 0 aromatic carbocycles. The van der Waals surface area contributed by atoms with Crippen LogP contribution in [0.25, 0.3) is 0 Å². The number of nitrogens with zero attached hydrogens (tertiary/aromatic N) is 2. The molecule has 5 heteroatoms. The van der Waals surface area contributed by atoms with Crippen LogP contribution in [0.15, 0.2) is 24.4 Å². The van der Waals surface area contributed by atoms with E-state index in [9.17, 15) is 4.79 Å². The van der Waals surface area contributed by atoms with Crippen molar-refractivity contribution in [3.8, 4) is 0 Å². The summed E-state index contributed by atoms with van der Waals surface area (Å²) >= 11 is 0. The molecule has 21 heavy (non-hydrogen) atoms. The largest absolute Gasteiger partial charge is 0.338 e. The maximum atomic E-state index is 11.9. The monoisotopic (exact) mass is 292 g/mol. The Morgan fingerprint density at radius 3 is 2.67 bits per heavy atom. The lowest BCUT2D eigenvalue weighted by atomic mass is 10.0. The third-order valence-corrected chi connectivity index (χ3v) is 3.07. The first kappa shape index (κ1) is 17.4. The van der Waals surface area contributed by atoms with E-state index in [1.807, 2.05) is 32.3 Å². The van der Waals surface area contributed by atoms with E-state index in [-0.39, 0.29) is 12.1 Å². The van der Waals surface area contributed by atoms with E-state index in [2.05, 4.69) is 34.4 Å². The van der Waals surface area contributed by atoms with Gasteiger partial charge in [-0.05, 0) is 38.6 Å². The number of hydrogen-bond acceptors (Lipinski definition) is 3. The standard InChI is InChI=1S/C16H28N4O/c1-13(2)11-15(12-20(3)4)19-16(21)18-10-8-14-7-5-6-9-17-14/h5-7,9,13,15H,8,10-12H2,1-4H3,(H2,18,19,21). The minimum absolute atomic E-state index is 0.0987. The molecule has 1 atom stereocenters. The smallest absolute Gasteiger partial charge is 0.315 e. The van der Waals surface area contributed by atoms with Gasteiger partial charge in [-0.1, -0.05) is 19.9 Å². The van der Waals surface area contributed by atoms with Gasteiger partial charge in [-0.25, -0.2) is 4.79 Å². The van der Waals surface area contributed by atoms with Crippen molar-refractivity contribution in [1.82, 2.24) is 20.5 Å². The molecule has 0 saturated carbocycles. The van der Waals surface area contributed by atoms with Gasteiger partial charge in [-0.15, -0.1) is 0 Å². The van der Waals surface area contributed by atoms with Gasteiger partial charge in [0, 0.05) is 37.4 Å². The second-order valence-corrected chi connectivity index (χ2v) is 6.06. The molecule has 1 aromatic rings. The van der Waals surface area contributed by atoms with Crippen molar-refractivity contribution >= 4 is 6.03 Å². The molecule has 0 bridgehead atoms. The Kier molecular flexibility index (Phi) is 7.75. The molecule has 0 saturated heterocycles. The van der Waals surface area contributed by atoms with Gasteiger partial charge in [0.25, 0.3) is 0 Å². The Morgan fingerprint density at radius 1 is 1.33 bits per heavy atom. The van der Waals surface area contributed by atoms with Crippen molar-refractivity contribution in [2.24, 2.45) is 5.92 Å². The molecule has 0 aliphatic heterocycles. The van der Waals surface area contributed by atoms with Crippen LogP contribution < -0.4 is 10.6 Å². The van der Waals surface area contributed by atoms with Gasteiger partial charge in [0.2, 0.25) is 0 Å². The molecule has 0 radical (unpaired) electrons. The number of hydrogen-bond donors (Lipinski definition) is 2. The van der Waals surface area contributed by atoms with Crippen molar-refractivity contribution in [2.45, 2.75) is 32.7 Å². The van der Waals surface area contributed by atoms with Gasteiger partial charge in [0.05, 0.1) is 0 Å². The number of likely N-dealkylation sites (N-methyl/N-ethyl adjacent to an activating group) is 1. The maximum absolute atomic E-state index is 11.9. The van der Waals surface area contributed by atoms with Crippen molar-refractivity contribution in [3.05, 3.63) is 30.1 Å². The Balaban J connectivity index is 2.32. The van der Waals surface area contributed by atoms with Crippen LogP contribution in [0.2, 0.25) is 0 Å². The number of amides is 2. The molecule has 1 rings (SSSR count). The molecule has 118 valence electrons. The molecule has 1 aromatic heterocycles. The second-order valence-electron chi connectivity index (χ2n) is 6.06. The predicted molar refractivity (Wildman–Crippen MR) is 86.3 cm³/mol. The van der Waals surface area contributed by atoms with E-state index in [4.69, 9.17) is 0 Å².